The lowest BCUT2D eigenvalue weighted by Gasteiger charge is -2.13. The van der Waals surface area contributed by atoms with Gasteiger partial charge < -0.3 is 0 Å². The lowest BCUT2D eigenvalue weighted by Crippen LogP contribution is -1.97. The topological polar surface area (TPSA) is 41.6 Å². The first-order chi connectivity index (χ1) is 15.6. The summed E-state index contributed by atoms with van der Waals surface area (Å²) >= 11 is 0. The van der Waals surface area contributed by atoms with Gasteiger partial charge in [-0.15, -0.1) is 0 Å². The average molecular weight is 425 g/mol. The highest BCUT2D eigenvalue weighted by Crippen LogP contribution is 2.36. The third-order valence-corrected chi connectivity index (χ3v) is 5.33. The molecule has 1 heterocycles. The summed E-state index contributed by atoms with van der Waals surface area (Å²) in [6, 6.07) is 24.2. The molecule has 0 atom stereocenters. The molecule has 0 saturated carbocycles. The van der Waals surface area contributed by atoms with Crippen molar-refractivity contribution in [2.75, 3.05) is 0 Å². The Hall–Kier alpha value is -4.37. The van der Waals surface area contributed by atoms with Gasteiger partial charge in [0, 0.05) is 16.8 Å². The zero-order valence-electron chi connectivity index (χ0n) is 16.6. The number of rotatable bonds is 3. The van der Waals surface area contributed by atoms with Crippen LogP contribution in [-0.4, -0.2) is 9.55 Å². The Morgan fingerprint density at radius 2 is 1.56 bits per heavy atom. The number of hydrogen-bond donors (Lipinski definition) is 0. The number of benzene rings is 4. The number of hydrogen-bond acceptors (Lipinski definition) is 2. The van der Waals surface area contributed by atoms with Gasteiger partial charge in [0.1, 0.15) is 6.33 Å². The van der Waals surface area contributed by atoms with Gasteiger partial charge in [-0.1, -0.05) is 30.3 Å². The minimum absolute atomic E-state index is 0.0715. The number of nitriles is 1. The number of para-hydroxylation sites is 1. The summed E-state index contributed by atoms with van der Waals surface area (Å²) in [7, 11) is 0. The highest BCUT2D eigenvalue weighted by molar-refractivity contribution is 5.97. The Kier molecular flexibility index (Phi) is 4.72. The third kappa shape index (κ3) is 3.21. The van der Waals surface area contributed by atoms with Gasteiger partial charge in [0.05, 0.1) is 22.7 Å². The van der Waals surface area contributed by atoms with Crippen LogP contribution < -0.4 is 0 Å². The zero-order chi connectivity index (χ0) is 22.2. The molecule has 0 fully saturated rings. The maximum Gasteiger partial charge on any atom is 0.195 e. The Labute approximate surface area is 181 Å². The smallest absolute Gasteiger partial charge is 0.195 e. The van der Waals surface area contributed by atoms with E-state index in [1.165, 1.54) is 6.07 Å². The van der Waals surface area contributed by atoms with Crippen molar-refractivity contribution in [2.24, 2.45) is 0 Å². The third-order valence-electron chi connectivity index (χ3n) is 5.33. The van der Waals surface area contributed by atoms with Crippen LogP contribution in [0.15, 0.2) is 85.2 Å². The van der Waals surface area contributed by atoms with E-state index in [1.807, 2.05) is 41.0 Å². The molecular formula is C26H14F3N3. The molecule has 0 bridgehead atoms. The van der Waals surface area contributed by atoms with Gasteiger partial charge in [0.15, 0.2) is 17.5 Å². The van der Waals surface area contributed by atoms with Crippen molar-refractivity contribution in [3.8, 4) is 34.0 Å². The van der Waals surface area contributed by atoms with Crippen molar-refractivity contribution < 1.29 is 13.2 Å². The van der Waals surface area contributed by atoms with E-state index in [2.05, 4.69) is 11.1 Å². The molecule has 4 aromatic carbocycles. The fraction of sp³-hybridized carbons (Fsp3) is 0. The first-order valence-electron chi connectivity index (χ1n) is 9.78. The molecule has 6 heteroatoms. The molecule has 0 saturated heterocycles. The van der Waals surface area contributed by atoms with Gasteiger partial charge in [0.2, 0.25) is 0 Å². The molecule has 0 aliphatic rings. The predicted molar refractivity (Wildman–Crippen MR) is 117 cm³/mol. The number of aromatic nitrogens is 2. The van der Waals surface area contributed by atoms with Crippen LogP contribution in [0.25, 0.3) is 39.0 Å². The predicted octanol–water partition coefficient (Wildman–Crippen LogP) is 6.65. The quantitative estimate of drug-likeness (QED) is 0.304. The maximum absolute atomic E-state index is 14.6. The Morgan fingerprint density at radius 3 is 2.34 bits per heavy atom. The number of halogens is 3. The molecule has 0 N–H and O–H groups in total. The maximum atomic E-state index is 14.6. The Bertz CT molecular complexity index is 1520. The fourth-order valence-corrected chi connectivity index (χ4v) is 3.81. The minimum atomic E-state index is -1.52. The second kappa shape index (κ2) is 7.71. The standard InChI is InChI=1S/C26H14F3N3/c27-22-10-9-20(24(28)25(22)29)18-12-21(17-6-4-5-16(11-17)14-30)26-23(13-18)31-15-32(26)19-7-2-1-3-8-19/h1-13,15H. The summed E-state index contributed by atoms with van der Waals surface area (Å²) in [5, 5.41) is 9.35. The summed E-state index contributed by atoms with van der Waals surface area (Å²) in [5.41, 5.74) is 4.31. The molecule has 0 aliphatic heterocycles. The van der Waals surface area contributed by atoms with Crippen LogP contribution in [0.2, 0.25) is 0 Å². The highest BCUT2D eigenvalue weighted by atomic mass is 19.2. The number of imidazole rings is 1. The minimum Gasteiger partial charge on any atom is -0.298 e. The van der Waals surface area contributed by atoms with Gasteiger partial charge in [-0.25, -0.2) is 18.2 Å². The molecule has 0 amide bonds. The van der Waals surface area contributed by atoms with Gasteiger partial charge >= 0.3 is 0 Å². The normalized spacial score (nSPS) is 10.9. The molecule has 3 nitrogen and oxygen atoms in total. The van der Waals surface area contributed by atoms with E-state index < -0.39 is 17.5 Å². The molecule has 154 valence electrons. The van der Waals surface area contributed by atoms with E-state index in [0.717, 1.165) is 22.8 Å². The van der Waals surface area contributed by atoms with Gasteiger partial charge in [-0.3, -0.25) is 4.57 Å². The monoisotopic (exact) mass is 425 g/mol. The molecule has 1 aromatic heterocycles. The summed E-state index contributed by atoms with van der Waals surface area (Å²) in [4.78, 5) is 4.49. The Balaban J connectivity index is 1.84. The van der Waals surface area contributed by atoms with E-state index >= 15 is 0 Å². The van der Waals surface area contributed by atoms with Crippen molar-refractivity contribution in [1.82, 2.24) is 9.55 Å². The number of nitrogens with zero attached hydrogens (tertiary/aromatic N) is 3. The van der Waals surface area contributed by atoms with Crippen LogP contribution in [0.4, 0.5) is 13.2 Å². The van der Waals surface area contributed by atoms with Crippen LogP contribution in [0.5, 0.6) is 0 Å². The van der Waals surface area contributed by atoms with Gasteiger partial charge in [0.25, 0.3) is 0 Å². The molecule has 0 radical (unpaired) electrons. The molecule has 32 heavy (non-hydrogen) atoms. The van der Waals surface area contributed by atoms with Gasteiger partial charge in [-0.05, 0) is 59.7 Å². The van der Waals surface area contributed by atoms with E-state index in [1.54, 1.807) is 36.7 Å². The summed E-state index contributed by atoms with van der Waals surface area (Å²) in [5.74, 6) is -4.03. The first-order valence-corrected chi connectivity index (χ1v) is 9.78. The van der Waals surface area contributed by atoms with Crippen LogP contribution in [0.1, 0.15) is 5.56 Å². The van der Waals surface area contributed by atoms with E-state index in [9.17, 15) is 18.4 Å². The zero-order valence-corrected chi connectivity index (χ0v) is 16.6. The molecule has 0 unspecified atom stereocenters. The van der Waals surface area contributed by atoms with Crippen LogP contribution >= 0.6 is 0 Å². The average Bonchev–Trinajstić information content (AvgIpc) is 3.27. The van der Waals surface area contributed by atoms with Crippen LogP contribution in [-0.2, 0) is 0 Å². The molecule has 0 spiro atoms. The molecule has 5 aromatic rings. The fourth-order valence-electron chi connectivity index (χ4n) is 3.81. The SMILES string of the molecule is N#Cc1cccc(-c2cc(-c3ccc(F)c(F)c3F)cc3ncn(-c4ccccc4)c23)c1. The van der Waals surface area contributed by atoms with E-state index in [4.69, 9.17) is 0 Å². The largest absolute Gasteiger partial charge is 0.298 e. The lowest BCUT2D eigenvalue weighted by molar-refractivity contribution is 0.449. The van der Waals surface area contributed by atoms with Crippen molar-refractivity contribution in [2.45, 2.75) is 0 Å². The van der Waals surface area contributed by atoms with Gasteiger partial charge in [-0.2, -0.15) is 5.26 Å². The summed E-state index contributed by atoms with van der Waals surface area (Å²) in [6.45, 7) is 0. The van der Waals surface area contributed by atoms with Crippen molar-refractivity contribution in [1.29, 1.82) is 5.26 Å². The van der Waals surface area contributed by atoms with Crippen molar-refractivity contribution in [3.63, 3.8) is 0 Å². The number of fused-ring (bicyclic) bond motifs is 1. The molecular weight excluding hydrogens is 411 g/mol. The van der Waals surface area contributed by atoms with Crippen molar-refractivity contribution >= 4 is 11.0 Å². The first kappa shape index (κ1) is 19.6. The molecule has 0 aliphatic carbocycles. The molecule has 5 rings (SSSR count). The van der Waals surface area contributed by atoms with Crippen LogP contribution in [0.3, 0.4) is 0 Å². The summed E-state index contributed by atoms with van der Waals surface area (Å²) in [6.07, 6.45) is 1.66. The second-order valence-corrected chi connectivity index (χ2v) is 7.26. The second-order valence-electron chi connectivity index (χ2n) is 7.26. The van der Waals surface area contributed by atoms with Crippen molar-refractivity contribution in [3.05, 3.63) is 108 Å². The highest BCUT2D eigenvalue weighted by Gasteiger charge is 2.19. The lowest BCUT2D eigenvalue weighted by atomic mass is 9.96. The van der Waals surface area contributed by atoms with Crippen LogP contribution in [0, 0.1) is 28.8 Å². The summed E-state index contributed by atoms with van der Waals surface area (Å²) < 4.78 is 43.9. The van der Waals surface area contributed by atoms with E-state index in [0.29, 0.717) is 22.2 Å². The Morgan fingerprint density at radius 1 is 0.750 bits per heavy atom. The van der Waals surface area contributed by atoms with E-state index in [-0.39, 0.29) is 5.56 Å².